The van der Waals surface area contributed by atoms with Gasteiger partial charge in [-0.1, -0.05) is 51.8 Å². The number of hydrogen-bond acceptors (Lipinski definition) is 1. The minimum absolute atomic E-state index is 0.183. The third-order valence-corrected chi connectivity index (χ3v) is 4.62. The van der Waals surface area contributed by atoms with Crippen LogP contribution in [0, 0.1) is 11.7 Å². The fraction of sp³-hybridized carbons (Fsp3) is 0.294. The Labute approximate surface area is 138 Å². The monoisotopic (exact) mass is 370 g/mol. The standard InChI is InChI=1S/C17H17BrClFO/c1-21-15-6-2-4-12(10-15)8-13(11-18)9-14-5-3-7-16(19)17(14)20/h2-7,10,13H,8-9,11H2,1H3. The highest BCUT2D eigenvalue weighted by molar-refractivity contribution is 9.09. The maximum absolute atomic E-state index is 14.0. The molecule has 2 aromatic carbocycles. The molecule has 0 heterocycles. The molecule has 1 atom stereocenters. The van der Waals surface area contributed by atoms with Gasteiger partial charge in [0.05, 0.1) is 12.1 Å². The molecule has 0 aromatic heterocycles. The van der Waals surface area contributed by atoms with Gasteiger partial charge in [-0.2, -0.15) is 0 Å². The molecule has 0 spiro atoms. The van der Waals surface area contributed by atoms with Crippen molar-refractivity contribution < 1.29 is 9.13 Å². The molecular weight excluding hydrogens is 355 g/mol. The molecule has 112 valence electrons. The lowest BCUT2D eigenvalue weighted by Gasteiger charge is -2.15. The zero-order valence-electron chi connectivity index (χ0n) is 11.8. The van der Waals surface area contributed by atoms with Gasteiger partial charge in [-0.15, -0.1) is 0 Å². The number of ether oxygens (including phenoxy) is 1. The molecule has 0 saturated heterocycles. The van der Waals surface area contributed by atoms with Crippen LogP contribution >= 0.6 is 27.5 Å². The first-order valence-electron chi connectivity index (χ1n) is 6.75. The molecule has 4 heteroatoms. The molecule has 0 bridgehead atoms. The summed E-state index contributed by atoms with van der Waals surface area (Å²) in [6, 6.07) is 13.1. The molecule has 0 N–H and O–H groups in total. The lowest BCUT2D eigenvalue weighted by molar-refractivity contribution is 0.414. The summed E-state index contributed by atoms with van der Waals surface area (Å²) in [5.41, 5.74) is 1.84. The van der Waals surface area contributed by atoms with E-state index in [1.165, 1.54) is 5.56 Å². The first-order chi connectivity index (χ1) is 10.1. The Morgan fingerprint density at radius 2 is 1.95 bits per heavy atom. The summed E-state index contributed by atoms with van der Waals surface area (Å²) in [5, 5.41) is 0.984. The van der Waals surface area contributed by atoms with Gasteiger partial charge in [0.25, 0.3) is 0 Å². The Bertz CT molecular complexity index is 603. The third-order valence-electron chi connectivity index (χ3n) is 3.42. The van der Waals surface area contributed by atoms with Gasteiger partial charge >= 0.3 is 0 Å². The summed E-state index contributed by atoms with van der Waals surface area (Å²) in [7, 11) is 1.66. The largest absolute Gasteiger partial charge is 0.497 e. The molecular formula is C17H17BrClFO. The maximum atomic E-state index is 14.0. The van der Waals surface area contributed by atoms with Gasteiger partial charge in [-0.3, -0.25) is 0 Å². The minimum atomic E-state index is -0.309. The Morgan fingerprint density at radius 1 is 1.19 bits per heavy atom. The maximum Gasteiger partial charge on any atom is 0.144 e. The van der Waals surface area contributed by atoms with Gasteiger partial charge in [0.2, 0.25) is 0 Å². The predicted octanol–water partition coefficient (Wildman–Crippen LogP) is 5.28. The molecule has 1 unspecified atom stereocenters. The van der Waals surface area contributed by atoms with Crippen LogP contribution in [0.4, 0.5) is 4.39 Å². The molecule has 0 aliphatic carbocycles. The lowest BCUT2D eigenvalue weighted by Crippen LogP contribution is -2.11. The Morgan fingerprint density at radius 3 is 2.67 bits per heavy atom. The second-order valence-electron chi connectivity index (χ2n) is 4.99. The summed E-state index contributed by atoms with van der Waals surface area (Å²) in [6.45, 7) is 0. The lowest BCUT2D eigenvalue weighted by atomic mass is 9.94. The Balaban J connectivity index is 2.11. The van der Waals surface area contributed by atoms with Gasteiger partial charge in [0.1, 0.15) is 11.6 Å². The summed E-state index contributed by atoms with van der Waals surface area (Å²) >= 11 is 9.36. The van der Waals surface area contributed by atoms with Crippen molar-refractivity contribution in [1.29, 1.82) is 0 Å². The van der Waals surface area contributed by atoms with E-state index in [0.717, 1.165) is 17.5 Å². The van der Waals surface area contributed by atoms with Crippen LogP contribution in [0.3, 0.4) is 0 Å². The molecule has 0 aliphatic rings. The fourth-order valence-corrected chi connectivity index (χ4v) is 2.98. The van der Waals surface area contributed by atoms with Crippen molar-refractivity contribution in [2.45, 2.75) is 12.8 Å². The van der Waals surface area contributed by atoms with Crippen LogP contribution in [0.25, 0.3) is 0 Å². The van der Waals surface area contributed by atoms with E-state index in [9.17, 15) is 4.39 Å². The van der Waals surface area contributed by atoms with E-state index < -0.39 is 0 Å². The minimum Gasteiger partial charge on any atom is -0.497 e. The number of rotatable bonds is 6. The summed E-state index contributed by atoms with van der Waals surface area (Å²) in [5.74, 6) is 0.829. The van der Waals surface area contributed by atoms with E-state index in [-0.39, 0.29) is 10.8 Å². The van der Waals surface area contributed by atoms with E-state index >= 15 is 0 Å². The fourth-order valence-electron chi connectivity index (χ4n) is 2.33. The number of hydrogen-bond donors (Lipinski definition) is 0. The zero-order chi connectivity index (χ0) is 15.2. The summed E-state index contributed by atoms with van der Waals surface area (Å²) < 4.78 is 19.2. The summed E-state index contributed by atoms with van der Waals surface area (Å²) in [6.07, 6.45) is 1.50. The molecule has 0 fully saturated rings. The van der Waals surface area contributed by atoms with Crippen LogP contribution in [-0.4, -0.2) is 12.4 Å². The van der Waals surface area contributed by atoms with Crippen molar-refractivity contribution >= 4 is 27.5 Å². The average Bonchev–Trinajstić information content (AvgIpc) is 2.51. The highest BCUT2D eigenvalue weighted by atomic mass is 79.9. The van der Waals surface area contributed by atoms with Crippen molar-refractivity contribution in [2.75, 3.05) is 12.4 Å². The molecule has 0 aliphatic heterocycles. The van der Waals surface area contributed by atoms with E-state index in [2.05, 4.69) is 22.0 Å². The zero-order valence-corrected chi connectivity index (χ0v) is 14.1. The van der Waals surface area contributed by atoms with Gasteiger partial charge < -0.3 is 4.74 Å². The number of halogens is 3. The molecule has 21 heavy (non-hydrogen) atoms. The molecule has 0 saturated carbocycles. The van der Waals surface area contributed by atoms with Crippen molar-refractivity contribution in [3.05, 3.63) is 64.4 Å². The Kier molecular flexibility index (Phi) is 6.07. The van der Waals surface area contributed by atoms with Gasteiger partial charge in [0, 0.05) is 5.33 Å². The van der Waals surface area contributed by atoms with Crippen LogP contribution in [0.1, 0.15) is 11.1 Å². The molecule has 0 amide bonds. The van der Waals surface area contributed by atoms with Crippen molar-refractivity contribution in [3.8, 4) is 5.75 Å². The normalized spacial score (nSPS) is 12.2. The van der Waals surface area contributed by atoms with Crippen LogP contribution in [0.15, 0.2) is 42.5 Å². The molecule has 0 radical (unpaired) electrons. The molecule has 2 aromatic rings. The van der Waals surface area contributed by atoms with E-state index in [1.54, 1.807) is 25.3 Å². The van der Waals surface area contributed by atoms with E-state index in [4.69, 9.17) is 16.3 Å². The van der Waals surface area contributed by atoms with E-state index in [1.807, 2.05) is 18.2 Å². The second-order valence-corrected chi connectivity index (χ2v) is 6.05. The molecule has 1 nitrogen and oxygen atoms in total. The van der Waals surface area contributed by atoms with Crippen molar-refractivity contribution in [2.24, 2.45) is 5.92 Å². The smallest absolute Gasteiger partial charge is 0.144 e. The quantitative estimate of drug-likeness (QED) is 0.627. The average molecular weight is 372 g/mol. The highest BCUT2D eigenvalue weighted by Crippen LogP contribution is 2.24. The first kappa shape index (κ1) is 16.3. The van der Waals surface area contributed by atoms with Gasteiger partial charge in [-0.25, -0.2) is 4.39 Å². The van der Waals surface area contributed by atoms with E-state index in [0.29, 0.717) is 17.9 Å². The van der Waals surface area contributed by atoms with Crippen LogP contribution in [-0.2, 0) is 12.8 Å². The van der Waals surface area contributed by atoms with Crippen molar-refractivity contribution in [1.82, 2.24) is 0 Å². The molecule has 2 rings (SSSR count). The third kappa shape index (κ3) is 4.45. The van der Waals surface area contributed by atoms with Gasteiger partial charge in [-0.05, 0) is 48.1 Å². The van der Waals surface area contributed by atoms with Crippen LogP contribution < -0.4 is 4.74 Å². The predicted molar refractivity (Wildman–Crippen MR) is 89.1 cm³/mol. The first-order valence-corrected chi connectivity index (χ1v) is 8.25. The highest BCUT2D eigenvalue weighted by Gasteiger charge is 2.14. The van der Waals surface area contributed by atoms with Crippen molar-refractivity contribution in [3.63, 3.8) is 0 Å². The SMILES string of the molecule is COc1cccc(CC(CBr)Cc2cccc(Cl)c2F)c1. The van der Waals surface area contributed by atoms with Crippen LogP contribution in [0.5, 0.6) is 5.75 Å². The second kappa shape index (κ2) is 7.81. The number of benzene rings is 2. The topological polar surface area (TPSA) is 9.23 Å². The number of alkyl halides is 1. The van der Waals surface area contributed by atoms with Gasteiger partial charge in [0.15, 0.2) is 0 Å². The van der Waals surface area contributed by atoms with Crippen LogP contribution in [0.2, 0.25) is 5.02 Å². The Hall–Kier alpha value is -1.06. The number of methoxy groups -OCH3 is 1. The summed E-state index contributed by atoms with van der Waals surface area (Å²) in [4.78, 5) is 0.